The Balaban J connectivity index is 2.87. The first-order chi connectivity index (χ1) is 9.15. The quantitative estimate of drug-likeness (QED) is 0.819. The van der Waals surface area contributed by atoms with Gasteiger partial charge < -0.3 is 19.5 Å². The van der Waals surface area contributed by atoms with E-state index in [2.05, 4.69) is 12.2 Å². The van der Waals surface area contributed by atoms with Gasteiger partial charge >= 0.3 is 0 Å². The van der Waals surface area contributed by atoms with Crippen LogP contribution in [0.2, 0.25) is 0 Å². The SMILES string of the molecule is [CH2]CCC(=O)NCc1cc(OC)c(OC)c(OC)c1. The van der Waals surface area contributed by atoms with Crippen LogP contribution in [0.15, 0.2) is 12.1 Å². The number of benzene rings is 1. The number of rotatable bonds is 7. The minimum Gasteiger partial charge on any atom is -0.493 e. The Morgan fingerprint density at radius 1 is 1.16 bits per heavy atom. The van der Waals surface area contributed by atoms with E-state index < -0.39 is 0 Å². The topological polar surface area (TPSA) is 56.8 Å². The fraction of sp³-hybridized carbons (Fsp3) is 0.429. The van der Waals surface area contributed by atoms with Crippen LogP contribution < -0.4 is 19.5 Å². The van der Waals surface area contributed by atoms with Gasteiger partial charge in [0.05, 0.1) is 21.3 Å². The van der Waals surface area contributed by atoms with E-state index in [-0.39, 0.29) is 5.91 Å². The molecule has 0 aliphatic heterocycles. The first-order valence-corrected chi connectivity index (χ1v) is 6.01. The Labute approximate surface area is 113 Å². The molecule has 19 heavy (non-hydrogen) atoms. The van der Waals surface area contributed by atoms with Gasteiger partial charge in [0.2, 0.25) is 11.7 Å². The number of carbonyl (C=O) groups excluding carboxylic acids is 1. The zero-order valence-corrected chi connectivity index (χ0v) is 11.6. The molecule has 0 spiro atoms. The summed E-state index contributed by atoms with van der Waals surface area (Å²) in [6.45, 7) is 4.05. The molecular formula is C14H20NO4. The predicted octanol–water partition coefficient (Wildman–Crippen LogP) is 1.94. The van der Waals surface area contributed by atoms with Gasteiger partial charge in [-0.15, -0.1) is 0 Å². The summed E-state index contributed by atoms with van der Waals surface area (Å²) in [5.74, 6) is 1.66. The summed E-state index contributed by atoms with van der Waals surface area (Å²) in [4.78, 5) is 11.4. The Hall–Kier alpha value is -1.91. The maximum Gasteiger partial charge on any atom is 0.220 e. The van der Waals surface area contributed by atoms with Gasteiger partial charge in [-0.25, -0.2) is 0 Å². The van der Waals surface area contributed by atoms with Crippen molar-refractivity contribution in [3.05, 3.63) is 24.6 Å². The van der Waals surface area contributed by atoms with Crippen LogP contribution in [0.5, 0.6) is 17.2 Å². The van der Waals surface area contributed by atoms with E-state index in [4.69, 9.17) is 14.2 Å². The molecule has 105 valence electrons. The maximum atomic E-state index is 11.4. The summed E-state index contributed by atoms with van der Waals surface area (Å²) in [6, 6.07) is 3.62. The minimum atomic E-state index is -0.0243. The molecule has 5 nitrogen and oxygen atoms in total. The summed E-state index contributed by atoms with van der Waals surface area (Å²) in [5.41, 5.74) is 0.881. The molecule has 1 N–H and O–H groups in total. The third kappa shape index (κ3) is 4.05. The zero-order valence-electron chi connectivity index (χ0n) is 11.6. The minimum absolute atomic E-state index is 0.0243. The second kappa shape index (κ2) is 7.51. The summed E-state index contributed by atoms with van der Waals surface area (Å²) in [5, 5.41) is 2.81. The van der Waals surface area contributed by atoms with E-state index in [0.717, 1.165) is 5.56 Å². The van der Waals surface area contributed by atoms with Gasteiger partial charge in [-0.3, -0.25) is 4.79 Å². The Morgan fingerprint density at radius 3 is 2.16 bits per heavy atom. The largest absolute Gasteiger partial charge is 0.493 e. The molecule has 1 rings (SSSR count). The first-order valence-electron chi connectivity index (χ1n) is 6.01. The lowest BCUT2D eigenvalue weighted by atomic mass is 10.1. The van der Waals surface area contributed by atoms with Crippen molar-refractivity contribution in [2.45, 2.75) is 19.4 Å². The molecular weight excluding hydrogens is 246 g/mol. The van der Waals surface area contributed by atoms with E-state index in [1.54, 1.807) is 21.3 Å². The number of hydrogen-bond donors (Lipinski definition) is 1. The summed E-state index contributed by atoms with van der Waals surface area (Å²) in [7, 11) is 4.67. The number of carbonyl (C=O) groups is 1. The van der Waals surface area contributed by atoms with Crippen LogP contribution >= 0.6 is 0 Å². The highest BCUT2D eigenvalue weighted by Gasteiger charge is 2.13. The van der Waals surface area contributed by atoms with E-state index in [9.17, 15) is 4.79 Å². The van der Waals surface area contributed by atoms with Crippen LogP contribution in [0.25, 0.3) is 0 Å². The molecule has 1 aromatic carbocycles. The Bertz CT molecular complexity index is 406. The van der Waals surface area contributed by atoms with Crippen LogP contribution in [-0.2, 0) is 11.3 Å². The average molecular weight is 266 g/mol. The monoisotopic (exact) mass is 266 g/mol. The summed E-state index contributed by atoms with van der Waals surface area (Å²) in [6.07, 6.45) is 1.01. The van der Waals surface area contributed by atoms with Crippen LogP contribution in [-0.4, -0.2) is 27.2 Å². The van der Waals surface area contributed by atoms with Gasteiger partial charge in [-0.05, 0) is 24.1 Å². The van der Waals surface area contributed by atoms with Crippen LogP contribution in [0.4, 0.5) is 0 Å². The highest BCUT2D eigenvalue weighted by molar-refractivity contribution is 5.75. The van der Waals surface area contributed by atoms with Gasteiger partial charge in [-0.2, -0.15) is 0 Å². The lowest BCUT2D eigenvalue weighted by molar-refractivity contribution is -0.121. The number of amides is 1. The van der Waals surface area contributed by atoms with Gasteiger partial charge in [0.15, 0.2) is 11.5 Å². The van der Waals surface area contributed by atoms with E-state index in [1.807, 2.05) is 12.1 Å². The molecule has 0 heterocycles. The highest BCUT2D eigenvalue weighted by atomic mass is 16.5. The van der Waals surface area contributed by atoms with Crippen LogP contribution in [0.1, 0.15) is 18.4 Å². The Morgan fingerprint density at radius 2 is 1.74 bits per heavy atom. The first kappa shape index (κ1) is 15.1. The number of hydrogen-bond acceptors (Lipinski definition) is 4. The molecule has 0 aromatic heterocycles. The fourth-order valence-corrected chi connectivity index (χ4v) is 1.69. The van der Waals surface area contributed by atoms with Crippen molar-refractivity contribution in [1.29, 1.82) is 0 Å². The molecule has 0 saturated heterocycles. The molecule has 1 aromatic rings. The number of methoxy groups -OCH3 is 3. The molecule has 0 atom stereocenters. The lowest BCUT2D eigenvalue weighted by Crippen LogP contribution is -2.22. The van der Waals surface area contributed by atoms with Gasteiger partial charge in [0, 0.05) is 13.0 Å². The third-order valence-corrected chi connectivity index (χ3v) is 2.62. The molecule has 0 aliphatic carbocycles. The highest BCUT2D eigenvalue weighted by Crippen LogP contribution is 2.38. The van der Waals surface area contributed by atoms with E-state index >= 15 is 0 Å². The predicted molar refractivity (Wildman–Crippen MR) is 72.5 cm³/mol. The molecule has 1 amide bonds. The van der Waals surface area contributed by atoms with Crippen molar-refractivity contribution in [1.82, 2.24) is 5.32 Å². The molecule has 0 aliphatic rings. The number of ether oxygens (including phenoxy) is 3. The van der Waals surface area contributed by atoms with Crippen LogP contribution in [0.3, 0.4) is 0 Å². The van der Waals surface area contributed by atoms with Crippen molar-refractivity contribution >= 4 is 5.91 Å². The van der Waals surface area contributed by atoms with Crippen molar-refractivity contribution < 1.29 is 19.0 Å². The van der Waals surface area contributed by atoms with Crippen molar-refractivity contribution in [3.8, 4) is 17.2 Å². The number of nitrogens with one attached hydrogen (secondary N) is 1. The molecule has 1 radical (unpaired) electrons. The zero-order chi connectivity index (χ0) is 14.3. The van der Waals surface area contributed by atoms with Crippen molar-refractivity contribution in [2.75, 3.05) is 21.3 Å². The van der Waals surface area contributed by atoms with Gasteiger partial charge in [-0.1, -0.05) is 6.92 Å². The standard InChI is InChI=1S/C14H20NO4/c1-5-6-13(16)15-9-10-7-11(17-2)14(19-4)12(8-10)18-3/h7-8H,1,5-6,9H2,2-4H3,(H,15,16). The Kier molecular flexibility index (Phi) is 5.99. The molecule has 0 fully saturated rings. The van der Waals surface area contributed by atoms with Gasteiger partial charge in [0.25, 0.3) is 0 Å². The fourth-order valence-electron chi connectivity index (χ4n) is 1.69. The average Bonchev–Trinajstić information content (AvgIpc) is 2.44. The van der Waals surface area contributed by atoms with E-state index in [0.29, 0.717) is 36.6 Å². The molecule has 5 heteroatoms. The second-order valence-corrected chi connectivity index (χ2v) is 3.91. The maximum absolute atomic E-state index is 11.4. The molecule has 0 unspecified atom stereocenters. The summed E-state index contributed by atoms with van der Waals surface area (Å²) >= 11 is 0. The van der Waals surface area contributed by atoms with Crippen LogP contribution in [0, 0.1) is 6.92 Å². The molecule has 0 saturated carbocycles. The smallest absolute Gasteiger partial charge is 0.220 e. The second-order valence-electron chi connectivity index (χ2n) is 3.91. The molecule has 0 bridgehead atoms. The van der Waals surface area contributed by atoms with Crippen molar-refractivity contribution in [2.24, 2.45) is 0 Å². The van der Waals surface area contributed by atoms with E-state index in [1.165, 1.54) is 0 Å². The normalized spacial score (nSPS) is 9.89. The summed E-state index contributed by atoms with van der Waals surface area (Å²) < 4.78 is 15.7. The third-order valence-electron chi connectivity index (χ3n) is 2.62. The lowest BCUT2D eigenvalue weighted by Gasteiger charge is -2.14. The van der Waals surface area contributed by atoms with Crippen molar-refractivity contribution in [3.63, 3.8) is 0 Å². The van der Waals surface area contributed by atoms with Gasteiger partial charge in [0.1, 0.15) is 0 Å².